The third-order valence-corrected chi connectivity index (χ3v) is 6.76. The fraction of sp³-hybridized carbons (Fsp3) is 0.583. The number of hydrogen-bond acceptors (Lipinski definition) is 3. The summed E-state index contributed by atoms with van der Waals surface area (Å²) in [5.41, 5.74) is 3.68. The number of likely N-dealkylation sites (tertiary alicyclic amines) is 2. The molecule has 1 amide bonds. The highest BCUT2D eigenvalue weighted by Crippen LogP contribution is 2.35. The fourth-order valence-corrected chi connectivity index (χ4v) is 5.11. The van der Waals surface area contributed by atoms with Crippen molar-refractivity contribution in [1.82, 2.24) is 14.8 Å². The van der Waals surface area contributed by atoms with Gasteiger partial charge in [0.1, 0.15) is 0 Å². The van der Waals surface area contributed by atoms with E-state index in [1.165, 1.54) is 16.5 Å². The second-order valence-corrected chi connectivity index (χ2v) is 9.16. The number of carbonyl (C=O) groups excluding carboxylic acids is 1. The predicted molar refractivity (Wildman–Crippen MR) is 114 cm³/mol. The summed E-state index contributed by atoms with van der Waals surface area (Å²) in [6.45, 7) is 8.42. The van der Waals surface area contributed by atoms with Gasteiger partial charge in [-0.05, 0) is 75.4 Å². The smallest absolute Gasteiger partial charge is 0.222 e. The maximum atomic E-state index is 13.1. The molecule has 0 N–H and O–H groups in total. The number of hydrogen-bond donors (Lipinski definition) is 0. The summed E-state index contributed by atoms with van der Waals surface area (Å²) in [5.74, 6) is 1.86. The minimum absolute atomic E-state index is 0.362. The van der Waals surface area contributed by atoms with Crippen LogP contribution < -0.4 is 0 Å². The van der Waals surface area contributed by atoms with E-state index in [0.29, 0.717) is 23.7 Å². The summed E-state index contributed by atoms with van der Waals surface area (Å²) < 4.78 is 0. The van der Waals surface area contributed by atoms with Crippen molar-refractivity contribution in [3.63, 3.8) is 0 Å². The van der Waals surface area contributed by atoms with E-state index < -0.39 is 0 Å². The largest absolute Gasteiger partial charge is 0.342 e. The first-order valence-corrected chi connectivity index (χ1v) is 10.8. The van der Waals surface area contributed by atoms with Crippen molar-refractivity contribution >= 4 is 16.8 Å². The average molecular weight is 380 g/mol. The molecule has 0 aliphatic carbocycles. The third kappa shape index (κ3) is 4.07. The predicted octanol–water partition coefficient (Wildman–Crippen LogP) is 4.23. The van der Waals surface area contributed by atoms with E-state index in [0.717, 1.165) is 57.4 Å². The van der Waals surface area contributed by atoms with Crippen molar-refractivity contribution in [3.8, 4) is 0 Å². The standard InChI is InChI=1S/C24H33N3O/c1-17-13-20(21-7-6-18(2)24-22(21)5-4-10-25-24)16-27(15-17)23(28)14-19-8-11-26(3)12-9-19/h4-7,10,17,19-20H,8-9,11-16H2,1-3H3/t17-,20?/m0/s1. The van der Waals surface area contributed by atoms with Gasteiger partial charge < -0.3 is 9.80 Å². The molecule has 0 radical (unpaired) electrons. The van der Waals surface area contributed by atoms with Crippen LogP contribution in [0.4, 0.5) is 0 Å². The summed E-state index contributed by atoms with van der Waals surface area (Å²) in [6, 6.07) is 8.67. The fourth-order valence-electron chi connectivity index (χ4n) is 5.11. The van der Waals surface area contributed by atoms with Gasteiger partial charge in [-0.3, -0.25) is 9.78 Å². The monoisotopic (exact) mass is 379 g/mol. The number of amides is 1. The molecular formula is C24H33N3O. The Morgan fingerprint density at radius 2 is 1.96 bits per heavy atom. The van der Waals surface area contributed by atoms with Crippen molar-refractivity contribution in [2.45, 2.75) is 45.4 Å². The van der Waals surface area contributed by atoms with E-state index in [-0.39, 0.29) is 0 Å². The van der Waals surface area contributed by atoms with E-state index in [1.54, 1.807) is 0 Å². The number of rotatable bonds is 3. The maximum Gasteiger partial charge on any atom is 0.222 e. The number of aromatic nitrogens is 1. The Hall–Kier alpha value is -1.94. The first-order chi connectivity index (χ1) is 13.5. The van der Waals surface area contributed by atoms with Gasteiger partial charge in [-0.1, -0.05) is 25.1 Å². The van der Waals surface area contributed by atoms with Crippen LogP contribution in [0.15, 0.2) is 30.5 Å². The van der Waals surface area contributed by atoms with E-state index in [9.17, 15) is 4.79 Å². The molecule has 28 heavy (non-hydrogen) atoms. The van der Waals surface area contributed by atoms with E-state index in [4.69, 9.17) is 0 Å². The Labute approximate surface area is 168 Å². The Balaban J connectivity index is 1.51. The molecule has 1 aromatic carbocycles. The van der Waals surface area contributed by atoms with Crippen LogP contribution >= 0.6 is 0 Å². The molecule has 2 aliphatic rings. The first kappa shape index (κ1) is 19.4. The molecule has 150 valence electrons. The lowest BCUT2D eigenvalue weighted by Gasteiger charge is -2.38. The molecule has 2 aromatic rings. The van der Waals surface area contributed by atoms with Crippen LogP contribution in [0.25, 0.3) is 10.9 Å². The first-order valence-electron chi connectivity index (χ1n) is 10.8. The number of aryl methyl sites for hydroxylation is 1. The Morgan fingerprint density at radius 1 is 1.18 bits per heavy atom. The summed E-state index contributed by atoms with van der Waals surface area (Å²) in [6.07, 6.45) is 6.06. The van der Waals surface area contributed by atoms with Crippen LogP contribution in [0.2, 0.25) is 0 Å². The topological polar surface area (TPSA) is 36.4 Å². The summed E-state index contributed by atoms with van der Waals surface area (Å²) in [7, 11) is 2.18. The van der Waals surface area contributed by atoms with Crippen molar-refractivity contribution in [3.05, 3.63) is 41.6 Å². The van der Waals surface area contributed by atoms with Crippen LogP contribution in [-0.2, 0) is 4.79 Å². The summed E-state index contributed by atoms with van der Waals surface area (Å²) in [5, 5.41) is 1.25. The van der Waals surface area contributed by atoms with Crippen LogP contribution in [0.3, 0.4) is 0 Å². The van der Waals surface area contributed by atoms with Crippen LogP contribution in [0.5, 0.6) is 0 Å². The van der Waals surface area contributed by atoms with Crippen LogP contribution in [0.1, 0.15) is 49.7 Å². The minimum atomic E-state index is 0.362. The second kappa shape index (κ2) is 8.20. The Morgan fingerprint density at radius 3 is 2.75 bits per heavy atom. The molecule has 0 bridgehead atoms. The van der Waals surface area contributed by atoms with Gasteiger partial charge in [-0.15, -0.1) is 0 Å². The number of carbonyl (C=O) groups is 1. The maximum absolute atomic E-state index is 13.1. The van der Waals surface area contributed by atoms with Crippen molar-refractivity contribution in [2.24, 2.45) is 11.8 Å². The van der Waals surface area contributed by atoms with Crippen LogP contribution in [-0.4, -0.2) is 53.9 Å². The number of benzene rings is 1. The Bertz CT molecular complexity index is 841. The zero-order chi connectivity index (χ0) is 19.7. The molecule has 4 heteroatoms. The zero-order valence-corrected chi connectivity index (χ0v) is 17.5. The molecule has 0 spiro atoms. The van der Waals surface area contributed by atoms with Crippen molar-refractivity contribution < 1.29 is 4.79 Å². The van der Waals surface area contributed by atoms with Gasteiger partial charge in [-0.2, -0.15) is 0 Å². The molecule has 2 atom stereocenters. The van der Waals surface area contributed by atoms with Gasteiger partial charge in [0, 0.05) is 37.0 Å². The van der Waals surface area contributed by atoms with E-state index in [2.05, 4.69) is 53.9 Å². The zero-order valence-electron chi connectivity index (χ0n) is 17.5. The number of pyridine rings is 1. The molecule has 0 saturated carbocycles. The van der Waals surface area contributed by atoms with Gasteiger partial charge in [0.2, 0.25) is 5.91 Å². The van der Waals surface area contributed by atoms with E-state index >= 15 is 0 Å². The van der Waals surface area contributed by atoms with E-state index in [1.807, 2.05) is 12.3 Å². The molecular weight excluding hydrogens is 346 g/mol. The molecule has 1 aromatic heterocycles. The molecule has 4 nitrogen and oxygen atoms in total. The minimum Gasteiger partial charge on any atom is -0.342 e. The molecule has 4 rings (SSSR count). The lowest BCUT2D eigenvalue weighted by atomic mass is 9.83. The number of nitrogens with zero attached hydrogens (tertiary/aromatic N) is 3. The molecule has 2 aliphatic heterocycles. The van der Waals surface area contributed by atoms with Gasteiger partial charge in [-0.25, -0.2) is 0 Å². The Kier molecular flexibility index (Phi) is 5.68. The number of piperidine rings is 2. The second-order valence-electron chi connectivity index (χ2n) is 9.16. The SMILES string of the molecule is Cc1ccc(C2C[C@H](C)CN(C(=O)CC3CCN(C)CC3)C2)c2cccnc12. The molecule has 2 fully saturated rings. The van der Waals surface area contributed by atoms with Gasteiger partial charge in [0.25, 0.3) is 0 Å². The molecule has 3 heterocycles. The molecule has 1 unspecified atom stereocenters. The van der Waals surface area contributed by atoms with Gasteiger partial charge in [0.15, 0.2) is 0 Å². The van der Waals surface area contributed by atoms with Crippen molar-refractivity contribution in [2.75, 3.05) is 33.2 Å². The van der Waals surface area contributed by atoms with Crippen molar-refractivity contribution in [1.29, 1.82) is 0 Å². The lowest BCUT2D eigenvalue weighted by molar-refractivity contribution is -0.134. The van der Waals surface area contributed by atoms with Crippen LogP contribution in [0, 0.1) is 18.8 Å². The lowest BCUT2D eigenvalue weighted by Crippen LogP contribution is -2.43. The normalized spacial score (nSPS) is 24.6. The third-order valence-electron chi connectivity index (χ3n) is 6.76. The number of fused-ring (bicyclic) bond motifs is 1. The highest BCUT2D eigenvalue weighted by Gasteiger charge is 2.31. The van der Waals surface area contributed by atoms with Gasteiger partial charge >= 0.3 is 0 Å². The quantitative estimate of drug-likeness (QED) is 0.801. The summed E-state index contributed by atoms with van der Waals surface area (Å²) >= 11 is 0. The highest BCUT2D eigenvalue weighted by atomic mass is 16.2. The average Bonchev–Trinajstić information content (AvgIpc) is 2.70. The summed E-state index contributed by atoms with van der Waals surface area (Å²) in [4.78, 5) is 22.2. The molecule has 2 saturated heterocycles. The van der Waals surface area contributed by atoms with Gasteiger partial charge in [0.05, 0.1) is 5.52 Å². The highest BCUT2D eigenvalue weighted by molar-refractivity contribution is 5.85.